The van der Waals surface area contributed by atoms with Gasteiger partial charge in [0, 0.05) is 16.7 Å². The third-order valence-electron chi connectivity index (χ3n) is 1.65. The van der Waals surface area contributed by atoms with Crippen molar-refractivity contribution in [1.82, 2.24) is 4.98 Å². The van der Waals surface area contributed by atoms with E-state index in [2.05, 4.69) is 27.5 Å². The van der Waals surface area contributed by atoms with E-state index in [1.165, 1.54) is 0 Å². The van der Waals surface area contributed by atoms with Crippen LogP contribution in [0.1, 0.15) is 11.4 Å². The first-order valence-corrected chi connectivity index (χ1v) is 5.05. The Bertz CT molecular complexity index is 339. The second-order valence-corrected chi connectivity index (χ2v) is 4.03. The summed E-state index contributed by atoms with van der Waals surface area (Å²) in [7, 11) is 0. The fourth-order valence-corrected chi connectivity index (χ4v) is 1.15. The van der Waals surface area contributed by atoms with Crippen molar-refractivity contribution in [1.29, 1.82) is 0 Å². The molecule has 0 bridgehead atoms. The smallest absolute Gasteiger partial charge is 0.142 e. The maximum Gasteiger partial charge on any atom is 0.142 e. The molecule has 0 saturated carbocycles. The van der Waals surface area contributed by atoms with Gasteiger partial charge in [0.05, 0.1) is 5.69 Å². The van der Waals surface area contributed by atoms with Crippen molar-refractivity contribution in [3.63, 3.8) is 0 Å². The lowest BCUT2D eigenvalue weighted by Crippen LogP contribution is -2.06. The van der Waals surface area contributed by atoms with Crippen LogP contribution in [0, 0.1) is 6.92 Å². The average molecular weight is 257 g/mol. The Balaban J connectivity index is 2.80. The van der Waals surface area contributed by atoms with Crippen LogP contribution in [0.4, 0.5) is 0 Å². The molecule has 0 fully saturated rings. The van der Waals surface area contributed by atoms with Crippen LogP contribution in [0.5, 0.6) is 5.75 Å². The van der Waals surface area contributed by atoms with Crippen LogP contribution in [0.15, 0.2) is 23.2 Å². The highest BCUT2D eigenvalue weighted by Crippen LogP contribution is 2.17. The van der Waals surface area contributed by atoms with Gasteiger partial charge in [-0.2, -0.15) is 0 Å². The molecule has 0 aromatic carbocycles. The van der Waals surface area contributed by atoms with Gasteiger partial charge in [-0.15, -0.1) is 0 Å². The van der Waals surface area contributed by atoms with Gasteiger partial charge < -0.3 is 10.5 Å². The molecular weight excluding hydrogens is 244 g/mol. The van der Waals surface area contributed by atoms with Crippen molar-refractivity contribution < 1.29 is 4.74 Å². The number of ether oxygens (including phenoxy) is 1. The maximum atomic E-state index is 5.55. The van der Waals surface area contributed by atoms with E-state index < -0.39 is 0 Å². The van der Waals surface area contributed by atoms with Gasteiger partial charge in [-0.1, -0.05) is 22.5 Å². The number of hydrogen-bond donors (Lipinski definition) is 1. The van der Waals surface area contributed by atoms with E-state index in [0.29, 0.717) is 13.2 Å². The maximum absolute atomic E-state index is 5.55. The number of nitrogens with two attached hydrogens (primary N) is 1. The summed E-state index contributed by atoms with van der Waals surface area (Å²) in [6.45, 7) is 6.42. The van der Waals surface area contributed by atoms with E-state index in [4.69, 9.17) is 10.5 Å². The van der Waals surface area contributed by atoms with Crippen LogP contribution in [0.25, 0.3) is 0 Å². The summed E-state index contributed by atoms with van der Waals surface area (Å²) in [5, 5.41) is 0. The topological polar surface area (TPSA) is 48.1 Å². The fourth-order valence-electron chi connectivity index (χ4n) is 1.03. The molecule has 0 aliphatic carbocycles. The van der Waals surface area contributed by atoms with Crippen LogP contribution >= 0.6 is 15.9 Å². The Morgan fingerprint density at radius 3 is 2.93 bits per heavy atom. The predicted molar refractivity (Wildman–Crippen MR) is 60.4 cm³/mol. The molecule has 4 heteroatoms. The summed E-state index contributed by atoms with van der Waals surface area (Å²) in [6, 6.07) is 3.77. The Morgan fingerprint density at radius 2 is 2.36 bits per heavy atom. The molecule has 1 rings (SSSR count). The number of nitrogens with zero attached hydrogens (tertiary/aromatic N) is 1. The average Bonchev–Trinajstić information content (AvgIpc) is 2.15. The van der Waals surface area contributed by atoms with Gasteiger partial charge in [0.25, 0.3) is 0 Å². The molecule has 0 atom stereocenters. The van der Waals surface area contributed by atoms with Crippen LogP contribution < -0.4 is 10.5 Å². The first kappa shape index (κ1) is 11.2. The molecule has 3 nitrogen and oxygen atoms in total. The largest absolute Gasteiger partial charge is 0.486 e. The standard InChI is InChI=1S/C10H13BrN2O/c1-7(11)6-14-10-4-3-8(2)13-9(10)5-12/h3-4H,1,5-6,12H2,2H3. The van der Waals surface area contributed by atoms with Crippen LogP contribution in [0.3, 0.4) is 0 Å². The lowest BCUT2D eigenvalue weighted by atomic mass is 10.3. The SMILES string of the molecule is C=C(Br)COc1ccc(C)nc1CN. The number of pyridine rings is 1. The lowest BCUT2D eigenvalue weighted by molar-refractivity contribution is 0.354. The highest BCUT2D eigenvalue weighted by atomic mass is 79.9. The minimum atomic E-state index is 0.381. The number of rotatable bonds is 4. The van der Waals surface area contributed by atoms with E-state index in [1.807, 2.05) is 19.1 Å². The van der Waals surface area contributed by atoms with E-state index in [0.717, 1.165) is 21.6 Å². The van der Waals surface area contributed by atoms with Gasteiger partial charge in [-0.05, 0) is 19.1 Å². The zero-order valence-corrected chi connectivity index (χ0v) is 9.67. The summed E-state index contributed by atoms with van der Waals surface area (Å²) in [6.07, 6.45) is 0. The first-order valence-electron chi connectivity index (χ1n) is 4.26. The zero-order valence-electron chi connectivity index (χ0n) is 8.09. The molecule has 0 saturated heterocycles. The molecule has 1 aromatic heterocycles. The summed E-state index contributed by atoms with van der Waals surface area (Å²) < 4.78 is 6.25. The summed E-state index contributed by atoms with van der Waals surface area (Å²) in [4.78, 5) is 4.27. The summed E-state index contributed by atoms with van der Waals surface area (Å²) in [5.41, 5.74) is 7.27. The number of aryl methyl sites for hydroxylation is 1. The van der Waals surface area contributed by atoms with Crippen LogP contribution in [-0.4, -0.2) is 11.6 Å². The zero-order chi connectivity index (χ0) is 10.6. The summed E-state index contributed by atoms with van der Waals surface area (Å²) >= 11 is 3.22. The van der Waals surface area contributed by atoms with E-state index in [9.17, 15) is 0 Å². The minimum Gasteiger partial charge on any atom is -0.486 e. The Hall–Kier alpha value is -0.870. The minimum absolute atomic E-state index is 0.381. The lowest BCUT2D eigenvalue weighted by Gasteiger charge is -2.09. The molecule has 0 radical (unpaired) electrons. The second kappa shape index (κ2) is 5.12. The Kier molecular flexibility index (Phi) is 4.10. The Labute approximate surface area is 92.1 Å². The van der Waals surface area contributed by atoms with Crippen molar-refractivity contribution in [2.75, 3.05) is 6.61 Å². The van der Waals surface area contributed by atoms with Crippen molar-refractivity contribution in [2.24, 2.45) is 5.73 Å². The molecule has 76 valence electrons. The van der Waals surface area contributed by atoms with E-state index in [-0.39, 0.29) is 0 Å². The number of halogens is 1. The Morgan fingerprint density at radius 1 is 1.64 bits per heavy atom. The van der Waals surface area contributed by atoms with E-state index >= 15 is 0 Å². The quantitative estimate of drug-likeness (QED) is 0.898. The van der Waals surface area contributed by atoms with Gasteiger partial charge in [0.2, 0.25) is 0 Å². The van der Waals surface area contributed by atoms with Gasteiger partial charge in [-0.3, -0.25) is 4.98 Å². The first-order chi connectivity index (χ1) is 6.63. The molecule has 0 aliphatic heterocycles. The molecule has 14 heavy (non-hydrogen) atoms. The molecule has 0 aliphatic rings. The predicted octanol–water partition coefficient (Wildman–Crippen LogP) is 2.14. The molecule has 2 N–H and O–H groups in total. The highest BCUT2D eigenvalue weighted by molar-refractivity contribution is 9.11. The molecule has 1 heterocycles. The third-order valence-corrected chi connectivity index (χ3v) is 1.88. The number of aromatic nitrogens is 1. The molecule has 1 aromatic rings. The highest BCUT2D eigenvalue weighted by Gasteiger charge is 2.03. The van der Waals surface area contributed by atoms with Gasteiger partial charge >= 0.3 is 0 Å². The van der Waals surface area contributed by atoms with E-state index in [1.54, 1.807) is 0 Å². The second-order valence-electron chi connectivity index (χ2n) is 2.91. The monoisotopic (exact) mass is 256 g/mol. The summed E-state index contributed by atoms with van der Waals surface area (Å²) in [5.74, 6) is 0.721. The molecule has 0 spiro atoms. The van der Waals surface area contributed by atoms with Crippen molar-refractivity contribution in [3.8, 4) is 5.75 Å². The van der Waals surface area contributed by atoms with Crippen molar-refractivity contribution in [2.45, 2.75) is 13.5 Å². The van der Waals surface area contributed by atoms with Gasteiger partial charge in [0.15, 0.2) is 0 Å². The van der Waals surface area contributed by atoms with Crippen molar-refractivity contribution in [3.05, 3.63) is 34.6 Å². The molecular formula is C10H13BrN2O. The van der Waals surface area contributed by atoms with Crippen molar-refractivity contribution >= 4 is 15.9 Å². The van der Waals surface area contributed by atoms with Gasteiger partial charge in [0.1, 0.15) is 12.4 Å². The van der Waals surface area contributed by atoms with Crippen LogP contribution in [-0.2, 0) is 6.54 Å². The number of hydrogen-bond acceptors (Lipinski definition) is 3. The molecule has 0 amide bonds. The molecule has 0 unspecified atom stereocenters. The van der Waals surface area contributed by atoms with Gasteiger partial charge in [-0.25, -0.2) is 0 Å². The van der Waals surface area contributed by atoms with Crippen LogP contribution in [0.2, 0.25) is 0 Å². The normalized spacial score (nSPS) is 9.93. The third kappa shape index (κ3) is 3.12. The fraction of sp³-hybridized carbons (Fsp3) is 0.300.